The Hall–Kier alpha value is -1.42. The number of amides is 1. The third kappa shape index (κ3) is 3.82. The summed E-state index contributed by atoms with van der Waals surface area (Å²) in [6.45, 7) is 2.77. The Morgan fingerprint density at radius 1 is 1.29 bits per heavy atom. The summed E-state index contributed by atoms with van der Waals surface area (Å²) < 4.78 is 12.9. The molecule has 21 heavy (non-hydrogen) atoms. The Bertz CT molecular complexity index is 482. The molecule has 2 aliphatic rings. The van der Waals surface area contributed by atoms with Crippen LogP contribution in [-0.2, 0) is 11.2 Å². The highest BCUT2D eigenvalue weighted by Crippen LogP contribution is 2.22. The molecule has 0 bridgehead atoms. The summed E-state index contributed by atoms with van der Waals surface area (Å²) in [5.74, 6) is 0.609. The molecular weight excluding hydrogens is 267 g/mol. The van der Waals surface area contributed by atoms with Gasteiger partial charge in [-0.3, -0.25) is 4.79 Å². The number of rotatable bonds is 4. The SMILES string of the molecule is O=C(CC1CCCN1)N1CCC(Cc2ccc(F)cc2)C1. The van der Waals surface area contributed by atoms with Crippen LogP contribution in [0.3, 0.4) is 0 Å². The number of nitrogens with zero attached hydrogens (tertiary/aromatic N) is 1. The molecule has 4 heteroatoms. The van der Waals surface area contributed by atoms with Gasteiger partial charge in [0.2, 0.25) is 5.91 Å². The Morgan fingerprint density at radius 3 is 2.81 bits per heavy atom. The van der Waals surface area contributed by atoms with Crippen molar-refractivity contribution in [1.29, 1.82) is 0 Å². The van der Waals surface area contributed by atoms with Crippen LogP contribution < -0.4 is 5.32 Å². The quantitative estimate of drug-likeness (QED) is 0.923. The molecule has 2 heterocycles. The number of benzene rings is 1. The van der Waals surface area contributed by atoms with Gasteiger partial charge < -0.3 is 10.2 Å². The first-order valence-corrected chi connectivity index (χ1v) is 7.96. The number of halogens is 1. The molecule has 1 aromatic carbocycles. The zero-order valence-corrected chi connectivity index (χ0v) is 12.4. The fraction of sp³-hybridized carbons (Fsp3) is 0.588. The highest BCUT2D eigenvalue weighted by molar-refractivity contribution is 5.77. The molecule has 0 radical (unpaired) electrons. The summed E-state index contributed by atoms with van der Waals surface area (Å²) in [6.07, 6.45) is 4.94. The molecule has 3 rings (SSSR count). The molecule has 1 N–H and O–H groups in total. The number of carbonyl (C=O) groups is 1. The van der Waals surface area contributed by atoms with Crippen LogP contribution in [0.25, 0.3) is 0 Å². The zero-order valence-electron chi connectivity index (χ0n) is 12.4. The van der Waals surface area contributed by atoms with Gasteiger partial charge in [-0.15, -0.1) is 0 Å². The number of carbonyl (C=O) groups excluding carboxylic acids is 1. The van der Waals surface area contributed by atoms with Crippen molar-refractivity contribution in [2.24, 2.45) is 5.92 Å². The van der Waals surface area contributed by atoms with E-state index in [0.717, 1.165) is 44.5 Å². The fourth-order valence-corrected chi connectivity index (χ4v) is 3.45. The van der Waals surface area contributed by atoms with Gasteiger partial charge in [-0.2, -0.15) is 0 Å². The van der Waals surface area contributed by atoms with Crippen molar-refractivity contribution in [2.45, 2.75) is 38.1 Å². The number of likely N-dealkylation sites (tertiary alicyclic amines) is 1. The predicted molar refractivity (Wildman–Crippen MR) is 80.4 cm³/mol. The van der Waals surface area contributed by atoms with Gasteiger partial charge in [0.15, 0.2) is 0 Å². The lowest BCUT2D eigenvalue weighted by Crippen LogP contribution is -2.34. The first-order chi connectivity index (χ1) is 10.2. The summed E-state index contributed by atoms with van der Waals surface area (Å²) in [7, 11) is 0. The molecule has 0 saturated carbocycles. The Labute approximate surface area is 125 Å². The van der Waals surface area contributed by atoms with Crippen molar-refractivity contribution in [3.63, 3.8) is 0 Å². The van der Waals surface area contributed by atoms with Crippen LogP contribution in [0.1, 0.15) is 31.2 Å². The second-order valence-corrected chi connectivity index (χ2v) is 6.32. The standard InChI is InChI=1S/C17H23FN2O/c18-15-5-3-13(4-6-15)10-14-7-9-20(12-14)17(21)11-16-2-1-8-19-16/h3-6,14,16,19H,1-2,7-12H2. The van der Waals surface area contributed by atoms with E-state index >= 15 is 0 Å². The van der Waals surface area contributed by atoms with Gasteiger partial charge in [-0.1, -0.05) is 12.1 Å². The molecule has 0 spiro atoms. The summed E-state index contributed by atoms with van der Waals surface area (Å²) >= 11 is 0. The Balaban J connectivity index is 1.48. The zero-order chi connectivity index (χ0) is 14.7. The van der Waals surface area contributed by atoms with Crippen LogP contribution in [0.5, 0.6) is 0 Å². The molecule has 0 aliphatic carbocycles. The summed E-state index contributed by atoms with van der Waals surface area (Å²) in [6, 6.07) is 7.11. The molecule has 2 atom stereocenters. The molecule has 2 fully saturated rings. The Kier molecular flexibility index (Phi) is 4.54. The summed E-state index contributed by atoms with van der Waals surface area (Å²) in [5.41, 5.74) is 1.16. The molecule has 1 amide bonds. The molecule has 2 unspecified atom stereocenters. The molecule has 0 aromatic heterocycles. The maximum absolute atomic E-state index is 12.9. The normalized spacial score (nSPS) is 25.5. The van der Waals surface area contributed by atoms with E-state index in [1.165, 1.54) is 18.6 Å². The molecule has 2 aliphatic heterocycles. The molecule has 1 aromatic rings. The first kappa shape index (κ1) is 14.5. The van der Waals surface area contributed by atoms with Crippen LogP contribution >= 0.6 is 0 Å². The third-order valence-electron chi connectivity index (χ3n) is 4.66. The van der Waals surface area contributed by atoms with Crippen LogP contribution in [0, 0.1) is 11.7 Å². The summed E-state index contributed by atoms with van der Waals surface area (Å²) in [5, 5.41) is 3.38. The van der Waals surface area contributed by atoms with Crippen LogP contribution in [0.15, 0.2) is 24.3 Å². The average molecular weight is 290 g/mol. The fourth-order valence-electron chi connectivity index (χ4n) is 3.45. The predicted octanol–water partition coefficient (Wildman–Crippen LogP) is 2.36. The van der Waals surface area contributed by atoms with E-state index < -0.39 is 0 Å². The van der Waals surface area contributed by atoms with Gasteiger partial charge in [0.05, 0.1) is 0 Å². The minimum Gasteiger partial charge on any atom is -0.342 e. The van der Waals surface area contributed by atoms with Crippen molar-refractivity contribution < 1.29 is 9.18 Å². The first-order valence-electron chi connectivity index (χ1n) is 7.96. The van der Waals surface area contributed by atoms with Gasteiger partial charge in [0.25, 0.3) is 0 Å². The van der Waals surface area contributed by atoms with E-state index in [0.29, 0.717) is 18.4 Å². The van der Waals surface area contributed by atoms with Crippen molar-refractivity contribution in [3.8, 4) is 0 Å². The minimum absolute atomic E-state index is 0.189. The van der Waals surface area contributed by atoms with E-state index in [1.54, 1.807) is 0 Å². The monoisotopic (exact) mass is 290 g/mol. The van der Waals surface area contributed by atoms with Crippen LogP contribution in [0.4, 0.5) is 4.39 Å². The van der Waals surface area contributed by atoms with Crippen molar-refractivity contribution in [2.75, 3.05) is 19.6 Å². The minimum atomic E-state index is -0.189. The van der Waals surface area contributed by atoms with Gasteiger partial charge in [0, 0.05) is 25.6 Å². The van der Waals surface area contributed by atoms with E-state index in [1.807, 2.05) is 17.0 Å². The lowest BCUT2D eigenvalue weighted by Gasteiger charge is -2.19. The summed E-state index contributed by atoms with van der Waals surface area (Å²) in [4.78, 5) is 14.3. The second-order valence-electron chi connectivity index (χ2n) is 6.32. The lowest BCUT2D eigenvalue weighted by molar-refractivity contribution is -0.130. The third-order valence-corrected chi connectivity index (χ3v) is 4.66. The largest absolute Gasteiger partial charge is 0.342 e. The van der Waals surface area contributed by atoms with Crippen LogP contribution in [-0.4, -0.2) is 36.5 Å². The molecule has 3 nitrogen and oxygen atoms in total. The van der Waals surface area contributed by atoms with Crippen molar-refractivity contribution >= 4 is 5.91 Å². The van der Waals surface area contributed by atoms with E-state index in [2.05, 4.69) is 5.32 Å². The second kappa shape index (κ2) is 6.56. The molecule has 114 valence electrons. The topological polar surface area (TPSA) is 32.3 Å². The average Bonchev–Trinajstić information content (AvgIpc) is 3.13. The van der Waals surface area contributed by atoms with E-state index in [-0.39, 0.29) is 11.7 Å². The highest BCUT2D eigenvalue weighted by atomic mass is 19.1. The Morgan fingerprint density at radius 2 is 2.10 bits per heavy atom. The number of hydrogen-bond acceptors (Lipinski definition) is 2. The molecular formula is C17H23FN2O. The number of nitrogens with one attached hydrogen (secondary N) is 1. The highest BCUT2D eigenvalue weighted by Gasteiger charge is 2.28. The maximum atomic E-state index is 12.9. The molecule has 2 saturated heterocycles. The maximum Gasteiger partial charge on any atom is 0.224 e. The van der Waals surface area contributed by atoms with Gasteiger partial charge >= 0.3 is 0 Å². The van der Waals surface area contributed by atoms with Crippen molar-refractivity contribution in [1.82, 2.24) is 10.2 Å². The van der Waals surface area contributed by atoms with Crippen molar-refractivity contribution in [3.05, 3.63) is 35.6 Å². The number of hydrogen-bond donors (Lipinski definition) is 1. The van der Waals surface area contributed by atoms with Crippen LogP contribution in [0.2, 0.25) is 0 Å². The van der Waals surface area contributed by atoms with Gasteiger partial charge in [-0.25, -0.2) is 4.39 Å². The smallest absolute Gasteiger partial charge is 0.224 e. The van der Waals surface area contributed by atoms with Gasteiger partial charge in [0.1, 0.15) is 5.82 Å². The lowest BCUT2D eigenvalue weighted by atomic mass is 9.99. The van der Waals surface area contributed by atoms with Gasteiger partial charge in [-0.05, 0) is 55.8 Å². The van der Waals surface area contributed by atoms with E-state index in [9.17, 15) is 9.18 Å². The van der Waals surface area contributed by atoms with E-state index in [4.69, 9.17) is 0 Å².